The quantitative estimate of drug-likeness (QED) is 0.0598. The summed E-state index contributed by atoms with van der Waals surface area (Å²) in [6.07, 6.45) is 7.48. The van der Waals surface area contributed by atoms with E-state index < -0.39 is 42.3 Å². The number of allylic oxidation sites excluding steroid dienone is 3. The van der Waals surface area contributed by atoms with Gasteiger partial charge in [0.25, 0.3) is 10.1 Å². The molecule has 3 aliphatic rings. The number of aliphatic carboxylic acids is 1. The maximum Gasteiger partial charge on any atom is 0.303 e. The number of benzene rings is 2. The molecule has 61 heavy (non-hydrogen) atoms. The molecule has 2 N–H and O–H groups in total. The first-order chi connectivity index (χ1) is 28.8. The van der Waals surface area contributed by atoms with Crippen molar-refractivity contribution < 1.29 is 59.2 Å². The number of rotatable bonds is 25. The second-order valence-electron chi connectivity index (χ2n) is 16.3. The van der Waals surface area contributed by atoms with Gasteiger partial charge in [-0.15, -0.1) is 0 Å². The Bertz CT molecular complexity index is 2240. The van der Waals surface area contributed by atoms with Gasteiger partial charge in [0.1, 0.15) is 34.9 Å². The number of fused-ring (bicyclic) bond motifs is 2. The van der Waals surface area contributed by atoms with Crippen LogP contribution in [0.2, 0.25) is 0 Å². The molecule has 338 valence electrons. The first kappa shape index (κ1) is 49.7. The zero-order chi connectivity index (χ0) is 44.8. The number of nitrogens with zero attached hydrogens (tertiary/aromatic N) is 2. The summed E-state index contributed by atoms with van der Waals surface area (Å²) >= 11 is 0. The summed E-state index contributed by atoms with van der Waals surface area (Å²) in [7, 11) is -5.87. The predicted molar refractivity (Wildman–Crippen MR) is 232 cm³/mol. The third kappa shape index (κ3) is 14.6. The van der Waals surface area contributed by atoms with Gasteiger partial charge in [-0.25, -0.2) is 13.0 Å². The van der Waals surface area contributed by atoms with E-state index in [-0.39, 0.29) is 24.7 Å². The minimum atomic E-state index is -4.83. The minimum absolute atomic E-state index is 0.0258. The number of unbranched alkanes of at least 4 members (excludes halogenated alkanes) is 2. The molecular weight excluding hydrogens is 829 g/mol. The maximum absolute atomic E-state index is 12.2. The fraction of sp³-hybridized carbons (Fsp3) is 0.545. The molecule has 15 nitrogen and oxygen atoms in total. The summed E-state index contributed by atoms with van der Waals surface area (Å²) in [6, 6.07) is 12.3. The Balaban J connectivity index is 1.83. The molecule has 0 bridgehead atoms. The molecule has 0 saturated heterocycles. The van der Waals surface area contributed by atoms with Crippen LogP contribution >= 0.6 is 0 Å². The highest BCUT2D eigenvalue weighted by atomic mass is 32.2. The van der Waals surface area contributed by atoms with E-state index in [2.05, 4.69) is 37.5 Å². The number of hydrogen-bond donors (Lipinski definition) is 2. The molecule has 0 spiro atoms. The summed E-state index contributed by atoms with van der Waals surface area (Å²) < 4.78 is 100. The fourth-order valence-corrected chi connectivity index (χ4v) is 8.56. The van der Waals surface area contributed by atoms with E-state index in [4.69, 9.17) is 28.5 Å². The van der Waals surface area contributed by atoms with Crippen molar-refractivity contribution in [3.63, 3.8) is 0 Å². The Kier molecular flexibility index (Phi) is 18.3. The minimum Gasteiger partial charge on any atom is -0.744 e. The summed E-state index contributed by atoms with van der Waals surface area (Å²) in [5.41, 5.74) is 2.65. The largest absolute Gasteiger partial charge is 0.744 e. The van der Waals surface area contributed by atoms with Crippen LogP contribution in [0.25, 0.3) is 17.4 Å². The van der Waals surface area contributed by atoms with E-state index in [1.807, 2.05) is 42.2 Å². The summed E-state index contributed by atoms with van der Waals surface area (Å²) in [5, 5.41) is 10.1. The van der Waals surface area contributed by atoms with Crippen LogP contribution in [0.3, 0.4) is 0 Å². The third-order valence-corrected chi connectivity index (χ3v) is 12.3. The highest BCUT2D eigenvalue weighted by molar-refractivity contribution is 7.86. The molecule has 1 aliphatic carbocycles. The predicted octanol–water partition coefficient (Wildman–Crippen LogP) is 5.67. The van der Waals surface area contributed by atoms with Crippen LogP contribution in [0.15, 0.2) is 69.6 Å². The molecule has 1 unspecified atom stereocenters. The van der Waals surface area contributed by atoms with Gasteiger partial charge in [0, 0.05) is 55.6 Å². The first-order valence-electron chi connectivity index (χ1n) is 20.5. The molecule has 0 saturated carbocycles. The van der Waals surface area contributed by atoms with Gasteiger partial charge in [-0.3, -0.25) is 9.35 Å². The lowest BCUT2D eigenvalue weighted by molar-refractivity contribution is -0.137. The van der Waals surface area contributed by atoms with Crippen LogP contribution in [-0.4, -0.2) is 116 Å². The van der Waals surface area contributed by atoms with Crippen LogP contribution in [-0.2, 0) is 54.8 Å². The summed E-state index contributed by atoms with van der Waals surface area (Å²) in [5.74, 6) is -0.167. The standard InChI is InChI=1S/C44H62N2O13S2/c1-43(2,3)37-31-34(59-40-30-33(15-17-36(37)40)45(21-23-57-27-25-55-5)22-24-58-28-26-56-6)12-10-13-41-44(4,19-11-29-60(49,50)51)38-32-35(61(52,53)54)16-18-39(38)46(41)20-9-7-8-14-42(47)48/h10,12-13,15-18,30-32H,7-9,11,14,19-29H2,1-6H3,(H2-,47,48,49,50,51,52,53,54). The zero-order valence-electron chi connectivity index (χ0n) is 36.2. The van der Waals surface area contributed by atoms with E-state index in [9.17, 15) is 30.7 Å². The second kappa shape index (κ2) is 22.4. The Morgan fingerprint density at radius 1 is 0.902 bits per heavy atom. The number of carbonyl (C=O) groups is 1. The number of carboxylic acids is 1. The number of ether oxygens (including phenoxy) is 4. The summed E-state index contributed by atoms with van der Waals surface area (Å²) in [6.45, 7) is 12.8. The molecule has 2 aliphatic heterocycles. The van der Waals surface area contributed by atoms with E-state index in [0.717, 1.165) is 16.5 Å². The molecule has 0 aromatic heterocycles. The lowest BCUT2D eigenvalue weighted by atomic mass is 9.77. The van der Waals surface area contributed by atoms with Crippen molar-refractivity contribution in [1.82, 2.24) is 4.58 Å². The van der Waals surface area contributed by atoms with E-state index in [0.29, 0.717) is 107 Å². The SMILES string of the molecule is COCCOCC[N+](CCOCCOC)=c1ccc2c(C(C)(C)C)cc(/C=C/C=C3/N(CCCCCC(=O)O)c4ccc(S(=O)(=O)[O-])cc4C3(C)CCCS(=O)(=O)O)oc-2c1. The molecule has 2 heterocycles. The molecular formula is C44H62N2O13S2. The van der Waals surface area contributed by atoms with Crippen molar-refractivity contribution in [1.29, 1.82) is 0 Å². The van der Waals surface area contributed by atoms with E-state index >= 15 is 0 Å². The van der Waals surface area contributed by atoms with Gasteiger partial charge in [0.15, 0.2) is 13.1 Å². The molecule has 0 fully saturated rings. The Hall–Kier alpha value is -3.94. The molecule has 4 rings (SSSR count). The lowest BCUT2D eigenvalue weighted by Crippen LogP contribution is -2.36. The van der Waals surface area contributed by atoms with Crippen molar-refractivity contribution in [3.8, 4) is 11.3 Å². The number of anilines is 1. The van der Waals surface area contributed by atoms with Crippen molar-refractivity contribution in [2.24, 2.45) is 0 Å². The van der Waals surface area contributed by atoms with Gasteiger partial charge >= 0.3 is 5.97 Å². The van der Waals surface area contributed by atoms with Crippen molar-refractivity contribution in [3.05, 3.63) is 82.6 Å². The van der Waals surface area contributed by atoms with Crippen LogP contribution < -0.4 is 14.8 Å². The van der Waals surface area contributed by atoms with Crippen molar-refractivity contribution in [2.45, 2.75) is 81.9 Å². The normalized spacial score (nSPS) is 16.6. The van der Waals surface area contributed by atoms with Crippen LogP contribution in [0, 0.1) is 0 Å². The van der Waals surface area contributed by atoms with Gasteiger partial charge in [-0.2, -0.15) is 8.42 Å². The average molecular weight is 891 g/mol. The summed E-state index contributed by atoms with van der Waals surface area (Å²) in [4.78, 5) is 12.8. The van der Waals surface area contributed by atoms with E-state index in [1.165, 1.54) is 12.1 Å². The van der Waals surface area contributed by atoms with Gasteiger partial charge in [-0.05, 0) is 91.6 Å². The smallest absolute Gasteiger partial charge is 0.303 e. The number of hydrogen-bond acceptors (Lipinski definition) is 12. The van der Waals surface area contributed by atoms with Gasteiger partial charge in [-0.1, -0.05) is 33.3 Å². The molecule has 1 aromatic carbocycles. The topological polar surface area (TPSA) is 205 Å². The molecule has 0 amide bonds. The molecule has 1 aromatic rings. The highest BCUT2D eigenvalue weighted by Gasteiger charge is 2.43. The van der Waals surface area contributed by atoms with Gasteiger partial charge in [0.2, 0.25) is 5.36 Å². The Morgan fingerprint density at radius 2 is 1.57 bits per heavy atom. The van der Waals surface area contributed by atoms with Crippen molar-refractivity contribution in [2.75, 3.05) is 84.1 Å². The lowest BCUT2D eigenvalue weighted by Gasteiger charge is -2.30. The zero-order valence-corrected chi connectivity index (χ0v) is 37.8. The van der Waals surface area contributed by atoms with Crippen LogP contribution in [0.4, 0.5) is 5.69 Å². The van der Waals surface area contributed by atoms with Crippen LogP contribution in [0.5, 0.6) is 0 Å². The van der Waals surface area contributed by atoms with Crippen molar-refractivity contribution >= 4 is 38.0 Å². The maximum atomic E-state index is 12.2. The van der Waals surface area contributed by atoms with E-state index in [1.54, 1.807) is 20.3 Å². The number of methoxy groups -OCH3 is 2. The molecule has 1 atom stereocenters. The average Bonchev–Trinajstić information content (AvgIpc) is 3.40. The molecule has 0 radical (unpaired) electrons. The number of carboxylic acid groups (broad SMARTS) is 1. The molecule has 17 heteroatoms. The Morgan fingerprint density at radius 3 is 2.16 bits per heavy atom. The van der Waals surface area contributed by atoms with Gasteiger partial charge in [0.05, 0.1) is 43.1 Å². The van der Waals surface area contributed by atoms with Crippen LogP contribution in [0.1, 0.15) is 83.1 Å². The first-order valence-corrected chi connectivity index (χ1v) is 23.5. The van der Waals surface area contributed by atoms with Gasteiger partial charge < -0.3 is 37.9 Å². The second-order valence-corrected chi connectivity index (χ2v) is 19.3. The third-order valence-electron chi connectivity index (χ3n) is 10.7. The highest BCUT2D eigenvalue weighted by Crippen LogP contribution is 2.51. The Labute approximate surface area is 360 Å². The monoisotopic (exact) mass is 890 g/mol. The fourth-order valence-electron chi connectivity index (χ4n) is 7.56.